The smallest absolute Gasteiger partial charge is 0.242 e. The lowest BCUT2D eigenvalue weighted by Gasteiger charge is -2.37. The molecule has 0 saturated carbocycles. The fourth-order valence-electron chi connectivity index (χ4n) is 4.49. The molecule has 37 heavy (non-hydrogen) atoms. The number of anilines is 1. The molecule has 0 radical (unpaired) electrons. The molecule has 2 aromatic carbocycles. The Morgan fingerprint density at radius 1 is 0.892 bits per heavy atom. The standard InChI is InChI=1S/C29H35N5O3/c1-21(2)29(36)34(22(3)23-8-6-5-7-9-23)20-28(35)33-18-16-32(17-19-33)27-15-14-26(30-31-27)24-10-12-25(37-4)13-11-24/h5-15,21-22H,16-20H2,1-4H3/t22-/m1/s1. The van der Waals surface area contributed by atoms with Crippen molar-refractivity contribution in [1.29, 1.82) is 0 Å². The van der Waals surface area contributed by atoms with Crippen LogP contribution in [0.5, 0.6) is 5.75 Å². The van der Waals surface area contributed by atoms with E-state index in [0.717, 1.165) is 28.4 Å². The molecule has 8 heteroatoms. The van der Waals surface area contributed by atoms with Gasteiger partial charge in [-0.05, 0) is 48.9 Å². The number of nitrogens with zero attached hydrogens (tertiary/aromatic N) is 5. The number of hydrogen-bond donors (Lipinski definition) is 0. The number of rotatable bonds is 8. The van der Waals surface area contributed by atoms with E-state index in [9.17, 15) is 9.59 Å². The summed E-state index contributed by atoms with van der Waals surface area (Å²) in [6, 6.07) is 21.3. The molecule has 1 atom stereocenters. The van der Waals surface area contributed by atoms with Crippen molar-refractivity contribution in [2.45, 2.75) is 26.8 Å². The molecule has 0 aliphatic carbocycles. The predicted molar refractivity (Wildman–Crippen MR) is 144 cm³/mol. The maximum absolute atomic E-state index is 13.2. The summed E-state index contributed by atoms with van der Waals surface area (Å²) >= 11 is 0. The van der Waals surface area contributed by atoms with Crippen LogP contribution in [0, 0.1) is 5.92 Å². The summed E-state index contributed by atoms with van der Waals surface area (Å²) in [6.45, 7) is 8.27. The maximum atomic E-state index is 13.2. The van der Waals surface area contributed by atoms with E-state index in [1.165, 1.54) is 0 Å². The van der Waals surface area contributed by atoms with Crippen molar-refractivity contribution in [3.05, 3.63) is 72.3 Å². The minimum absolute atomic E-state index is 0.0180. The van der Waals surface area contributed by atoms with Crippen LogP contribution in [-0.2, 0) is 9.59 Å². The van der Waals surface area contributed by atoms with Crippen molar-refractivity contribution in [3.63, 3.8) is 0 Å². The first kappa shape index (κ1) is 26.1. The number of methoxy groups -OCH3 is 1. The number of amides is 2. The van der Waals surface area contributed by atoms with Crippen LogP contribution in [0.1, 0.15) is 32.4 Å². The third kappa shape index (κ3) is 6.25. The van der Waals surface area contributed by atoms with Crippen LogP contribution in [0.15, 0.2) is 66.7 Å². The van der Waals surface area contributed by atoms with Crippen LogP contribution < -0.4 is 9.64 Å². The van der Waals surface area contributed by atoms with Crippen LogP contribution in [0.25, 0.3) is 11.3 Å². The lowest BCUT2D eigenvalue weighted by Crippen LogP contribution is -2.52. The fraction of sp³-hybridized carbons (Fsp3) is 0.379. The first-order valence-corrected chi connectivity index (χ1v) is 12.7. The highest BCUT2D eigenvalue weighted by Crippen LogP contribution is 2.24. The molecule has 1 saturated heterocycles. The van der Waals surface area contributed by atoms with E-state index >= 15 is 0 Å². The molecular weight excluding hydrogens is 466 g/mol. The SMILES string of the molecule is COc1ccc(-c2ccc(N3CCN(C(=O)CN(C(=O)C(C)C)[C@H](C)c4ccccc4)CC3)nn2)cc1. The van der Waals surface area contributed by atoms with Crippen molar-refractivity contribution in [2.75, 3.05) is 44.7 Å². The summed E-state index contributed by atoms with van der Waals surface area (Å²) in [7, 11) is 1.64. The second-order valence-electron chi connectivity index (χ2n) is 9.58. The van der Waals surface area contributed by atoms with E-state index < -0.39 is 0 Å². The van der Waals surface area contributed by atoms with Crippen LogP contribution >= 0.6 is 0 Å². The molecule has 0 spiro atoms. The highest BCUT2D eigenvalue weighted by atomic mass is 16.5. The minimum atomic E-state index is -0.185. The summed E-state index contributed by atoms with van der Waals surface area (Å²) in [5.41, 5.74) is 2.79. The van der Waals surface area contributed by atoms with Gasteiger partial charge in [-0.25, -0.2) is 0 Å². The average Bonchev–Trinajstić information content (AvgIpc) is 2.95. The molecule has 1 aliphatic rings. The Kier molecular flexibility index (Phi) is 8.38. The van der Waals surface area contributed by atoms with Crippen molar-refractivity contribution in [3.8, 4) is 17.0 Å². The average molecular weight is 502 g/mol. The van der Waals surface area contributed by atoms with Gasteiger partial charge in [-0.2, -0.15) is 0 Å². The second kappa shape index (κ2) is 11.9. The number of benzene rings is 2. The van der Waals surface area contributed by atoms with Gasteiger partial charge < -0.3 is 19.4 Å². The number of carbonyl (C=O) groups excluding carboxylic acids is 2. The van der Waals surface area contributed by atoms with Gasteiger partial charge in [0.15, 0.2) is 5.82 Å². The van der Waals surface area contributed by atoms with Gasteiger partial charge in [-0.3, -0.25) is 9.59 Å². The highest BCUT2D eigenvalue weighted by molar-refractivity contribution is 5.86. The molecular formula is C29H35N5O3. The van der Waals surface area contributed by atoms with Gasteiger partial charge in [0.2, 0.25) is 11.8 Å². The summed E-state index contributed by atoms with van der Waals surface area (Å²) < 4.78 is 5.21. The molecule has 3 aromatic rings. The van der Waals surface area contributed by atoms with Crippen LogP contribution in [0.2, 0.25) is 0 Å². The number of hydrogen-bond acceptors (Lipinski definition) is 6. The Bertz CT molecular complexity index is 1170. The first-order chi connectivity index (χ1) is 17.9. The molecule has 4 rings (SSSR count). The quantitative estimate of drug-likeness (QED) is 0.464. The van der Waals surface area contributed by atoms with E-state index in [1.807, 2.05) is 92.4 Å². The lowest BCUT2D eigenvalue weighted by molar-refractivity contribution is -0.144. The van der Waals surface area contributed by atoms with Crippen molar-refractivity contribution in [1.82, 2.24) is 20.0 Å². The molecule has 8 nitrogen and oxygen atoms in total. The van der Waals surface area contributed by atoms with Gasteiger partial charge in [0.05, 0.1) is 18.8 Å². The van der Waals surface area contributed by atoms with Gasteiger partial charge in [-0.1, -0.05) is 44.2 Å². The number of carbonyl (C=O) groups is 2. The monoisotopic (exact) mass is 501 g/mol. The molecule has 0 unspecified atom stereocenters. The second-order valence-corrected chi connectivity index (χ2v) is 9.58. The summed E-state index contributed by atoms with van der Waals surface area (Å²) in [5, 5.41) is 8.83. The van der Waals surface area contributed by atoms with Gasteiger partial charge in [0, 0.05) is 37.7 Å². The van der Waals surface area contributed by atoms with E-state index in [4.69, 9.17) is 4.74 Å². The highest BCUT2D eigenvalue weighted by Gasteiger charge is 2.29. The van der Waals surface area contributed by atoms with Crippen molar-refractivity contribution in [2.24, 2.45) is 5.92 Å². The molecule has 1 fully saturated rings. The number of aromatic nitrogens is 2. The molecule has 2 amide bonds. The van der Waals surface area contributed by atoms with Crippen molar-refractivity contribution < 1.29 is 14.3 Å². The number of ether oxygens (including phenoxy) is 1. The van der Waals surface area contributed by atoms with E-state index in [1.54, 1.807) is 12.0 Å². The van der Waals surface area contributed by atoms with Crippen LogP contribution in [0.3, 0.4) is 0 Å². The zero-order valence-corrected chi connectivity index (χ0v) is 22.0. The van der Waals surface area contributed by atoms with Crippen LogP contribution in [0.4, 0.5) is 5.82 Å². The number of piperazine rings is 1. The maximum Gasteiger partial charge on any atom is 0.242 e. The summed E-state index contributed by atoms with van der Waals surface area (Å²) in [6.07, 6.45) is 0. The Morgan fingerprint density at radius 3 is 2.14 bits per heavy atom. The van der Waals surface area contributed by atoms with Gasteiger partial charge >= 0.3 is 0 Å². The summed E-state index contributed by atoms with van der Waals surface area (Å²) in [5.74, 6) is 1.36. The lowest BCUT2D eigenvalue weighted by atomic mass is 10.0. The van der Waals surface area contributed by atoms with E-state index in [2.05, 4.69) is 15.1 Å². The minimum Gasteiger partial charge on any atom is -0.497 e. The Balaban J connectivity index is 1.36. The zero-order valence-electron chi connectivity index (χ0n) is 22.0. The molecule has 0 N–H and O–H groups in total. The molecule has 1 aliphatic heterocycles. The third-order valence-corrected chi connectivity index (χ3v) is 6.82. The first-order valence-electron chi connectivity index (χ1n) is 12.7. The van der Waals surface area contributed by atoms with Gasteiger partial charge in [0.25, 0.3) is 0 Å². The molecule has 1 aromatic heterocycles. The predicted octanol–water partition coefficient (Wildman–Crippen LogP) is 4.05. The molecule has 194 valence electrons. The normalized spacial score (nSPS) is 14.4. The Morgan fingerprint density at radius 2 is 1.57 bits per heavy atom. The van der Waals surface area contributed by atoms with E-state index in [0.29, 0.717) is 26.2 Å². The zero-order chi connectivity index (χ0) is 26.4. The summed E-state index contributed by atoms with van der Waals surface area (Å²) in [4.78, 5) is 31.9. The van der Waals surface area contributed by atoms with Crippen LogP contribution in [-0.4, -0.2) is 71.6 Å². The third-order valence-electron chi connectivity index (χ3n) is 6.82. The van der Waals surface area contributed by atoms with Crippen molar-refractivity contribution >= 4 is 17.6 Å². The van der Waals surface area contributed by atoms with Gasteiger partial charge in [0.1, 0.15) is 12.3 Å². The largest absolute Gasteiger partial charge is 0.497 e. The molecule has 0 bridgehead atoms. The molecule has 2 heterocycles. The van der Waals surface area contributed by atoms with Gasteiger partial charge in [-0.15, -0.1) is 10.2 Å². The Hall–Kier alpha value is -3.94. The topological polar surface area (TPSA) is 78.9 Å². The Labute approximate surface area is 218 Å². The fourth-order valence-corrected chi connectivity index (χ4v) is 4.49. The van der Waals surface area contributed by atoms with E-state index in [-0.39, 0.29) is 30.3 Å².